The Hall–Kier alpha value is -1.66. The van der Waals surface area contributed by atoms with E-state index in [1.807, 2.05) is 6.07 Å². The Morgan fingerprint density at radius 1 is 1.47 bits per heavy atom. The third kappa shape index (κ3) is 3.65. The number of piperidine rings is 1. The van der Waals surface area contributed by atoms with Crippen molar-refractivity contribution in [2.45, 2.75) is 25.4 Å². The van der Waals surface area contributed by atoms with Crippen LogP contribution in [0.25, 0.3) is 0 Å². The maximum absolute atomic E-state index is 10.9. The first kappa shape index (κ1) is 13.8. The Kier molecular flexibility index (Phi) is 4.70. The fourth-order valence-electron chi connectivity index (χ4n) is 2.28. The molecule has 104 valence electrons. The Bertz CT molecular complexity index is 445. The average molecular weight is 265 g/mol. The summed E-state index contributed by atoms with van der Waals surface area (Å²) in [5.41, 5.74) is 0.929. The molecule has 1 saturated heterocycles. The van der Waals surface area contributed by atoms with E-state index >= 15 is 0 Å². The van der Waals surface area contributed by atoms with Crippen molar-refractivity contribution in [2.24, 2.45) is 0 Å². The molecular weight excluding hydrogens is 246 g/mol. The largest absolute Gasteiger partial charge is 0.490 e. The number of nitrogens with zero attached hydrogens (tertiary/aromatic N) is 1. The van der Waals surface area contributed by atoms with Crippen LogP contribution in [0, 0.1) is 10.1 Å². The van der Waals surface area contributed by atoms with Gasteiger partial charge >= 0.3 is 5.69 Å². The number of nitro benzene ring substituents is 1. The topological polar surface area (TPSA) is 76.4 Å². The summed E-state index contributed by atoms with van der Waals surface area (Å²) in [6.45, 7) is 2.70. The molecule has 6 nitrogen and oxygen atoms in total. The van der Waals surface area contributed by atoms with Crippen molar-refractivity contribution >= 4 is 5.69 Å². The highest BCUT2D eigenvalue weighted by Crippen LogP contribution is 2.27. The molecule has 2 N–H and O–H groups in total. The Labute approximate surface area is 112 Å². The van der Waals surface area contributed by atoms with Gasteiger partial charge < -0.3 is 15.4 Å². The van der Waals surface area contributed by atoms with E-state index in [1.54, 1.807) is 12.1 Å². The SMILES string of the molecule is COc1ccc(CNC2CCNCC2)cc1[N+](=O)[O-]. The standard InChI is InChI=1S/C13H19N3O3/c1-19-13-3-2-10(8-12(13)16(17)18)9-15-11-4-6-14-7-5-11/h2-3,8,11,14-15H,4-7,9H2,1H3. The summed E-state index contributed by atoms with van der Waals surface area (Å²) in [5.74, 6) is 0.301. The zero-order valence-electron chi connectivity index (χ0n) is 11.0. The van der Waals surface area contributed by atoms with Gasteiger partial charge in [-0.05, 0) is 37.6 Å². The van der Waals surface area contributed by atoms with Crippen LogP contribution in [0.2, 0.25) is 0 Å². The summed E-state index contributed by atoms with van der Waals surface area (Å²) in [5, 5.41) is 17.7. The monoisotopic (exact) mass is 265 g/mol. The molecule has 0 unspecified atom stereocenters. The number of ether oxygens (including phenoxy) is 1. The number of benzene rings is 1. The van der Waals surface area contributed by atoms with Gasteiger partial charge in [-0.25, -0.2) is 0 Å². The van der Waals surface area contributed by atoms with Gasteiger partial charge in [0.1, 0.15) is 0 Å². The first-order chi connectivity index (χ1) is 9.20. The van der Waals surface area contributed by atoms with Crippen LogP contribution in [-0.2, 0) is 6.54 Å². The Balaban J connectivity index is 2.00. The van der Waals surface area contributed by atoms with E-state index in [1.165, 1.54) is 7.11 Å². The van der Waals surface area contributed by atoms with Gasteiger partial charge in [0.15, 0.2) is 5.75 Å². The lowest BCUT2D eigenvalue weighted by atomic mass is 10.1. The predicted molar refractivity (Wildman–Crippen MR) is 72.4 cm³/mol. The van der Waals surface area contributed by atoms with E-state index in [4.69, 9.17) is 4.74 Å². The number of hydrogen-bond acceptors (Lipinski definition) is 5. The van der Waals surface area contributed by atoms with Gasteiger partial charge in [-0.1, -0.05) is 6.07 Å². The number of rotatable bonds is 5. The van der Waals surface area contributed by atoms with Crippen LogP contribution in [-0.4, -0.2) is 31.2 Å². The van der Waals surface area contributed by atoms with Crippen molar-refractivity contribution < 1.29 is 9.66 Å². The van der Waals surface area contributed by atoms with Gasteiger partial charge in [0.2, 0.25) is 0 Å². The molecule has 1 fully saturated rings. The molecule has 1 aliphatic rings. The fourth-order valence-corrected chi connectivity index (χ4v) is 2.28. The molecule has 1 aromatic rings. The lowest BCUT2D eigenvalue weighted by Crippen LogP contribution is -2.39. The van der Waals surface area contributed by atoms with E-state index in [0.29, 0.717) is 18.3 Å². The van der Waals surface area contributed by atoms with E-state index in [2.05, 4.69) is 10.6 Å². The zero-order valence-corrected chi connectivity index (χ0v) is 11.0. The van der Waals surface area contributed by atoms with Crippen LogP contribution < -0.4 is 15.4 Å². The van der Waals surface area contributed by atoms with Gasteiger partial charge in [-0.3, -0.25) is 10.1 Å². The summed E-state index contributed by atoms with van der Waals surface area (Å²) in [6, 6.07) is 5.58. The van der Waals surface area contributed by atoms with Gasteiger partial charge in [0.05, 0.1) is 12.0 Å². The van der Waals surface area contributed by atoms with Crippen LogP contribution in [0.3, 0.4) is 0 Å². The normalized spacial score (nSPS) is 16.3. The van der Waals surface area contributed by atoms with Crippen LogP contribution in [0.15, 0.2) is 18.2 Å². The van der Waals surface area contributed by atoms with Crippen molar-refractivity contribution in [3.05, 3.63) is 33.9 Å². The third-order valence-corrected chi connectivity index (χ3v) is 3.37. The minimum absolute atomic E-state index is 0.0205. The number of methoxy groups -OCH3 is 1. The quantitative estimate of drug-likeness (QED) is 0.622. The maximum Gasteiger partial charge on any atom is 0.311 e. The lowest BCUT2D eigenvalue weighted by Gasteiger charge is -2.23. The molecule has 0 radical (unpaired) electrons. The second kappa shape index (κ2) is 6.49. The molecule has 1 aliphatic heterocycles. The van der Waals surface area contributed by atoms with Crippen molar-refractivity contribution in [1.82, 2.24) is 10.6 Å². The summed E-state index contributed by atoms with van der Waals surface area (Å²) in [6.07, 6.45) is 2.19. The van der Waals surface area contributed by atoms with Gasteiger partial charge in [-0.2, -0.15) is 0 Å². The molecule has 6 heteroatoms. The molecular formula is C13H19N3O3. The van der Waals surface area contributed by atoms with Crippen molar-refractivity contribution in [3.8, 4) is 5.75 Å². The maximum atomic E-state index is 10.9. The molecule has 0 atom stereocenters. The smallest absolute Gasteiger partial charge is 0.311 e. The molecule has 1 aromatic carbocycles. The molecule has 0 aliphatic carbocycles. The molecule has 2 rings (SSSR count). The third-order valence-electron chi connectivity index (χ3n) is 3.37. The van der Waals surface area contributed by atoms with E-state index < -0.39 is 4.92 Å². The molecule has 0 saturated carbocycles. The summed E-state index contributed by atoms with van der Waals surface area (Å²) < 4.78 is 4.99. The summed E-state index contributed by atoms with van der Waals surface area (Å²) in [7, 11) is 1.44. The van der Waals surface area contributed by atoms with Crippen molar-refractivity contribution in [3.63, 3.8) is 0 Å². The first-order valence-electron chi connectivity index (χ1n) is 6.46. The summed E-state index contributed by atoms with van der Waals surface area (Å²) >= 11 is 0. The second-order valence-electron chi connectivity index (χ2n) is 4.67. The molecule has 0 bridgehead atoms. The minimum atomic E-state index is -0.410. The Morgan fingerprint density at radius 3 is 2.84 bits per heavy atom. The Morgan fingerprint density at radius 2 is 2.21 bits per heavy atom. The van der Waals surface area contributed by atoms with Gasteiger partial charge in [-0.15, -0.1) is 0 Å². The molecule has 0 amide bonds. The number of nitro groups is 1. The van der Waals surface area contributed by atoms with Crippen LogP contribution in [0.1, 0.15) is 18.4 Å². The number of hydrogen-bond donors (Lipinski definition) is 2. The van der Waals surface area contributed by atoms with Crippen molar-refractivity contribution in [1.29, 1.82) is 0 Å². The van der Waals surface area contributed by atoms with Crippen molar-refractivity contribution in [2.75, 3.05) is 20.2 Å². The van der Waals surface area contributed by atoms with Gasteiger partial charge in [0.25, 0.3) is 0 Å². The highest BCUT2D eigenvalue weighted by atomic mass is 16.6. The molecule has 1 heterocycles. The molecule has 19 heavy (non-hydrogen) atoms. The first-order valence-corrected chi connectivity index (χ1v) is 6.46. The van der Waals surface area contributed by atoms with E-state index in [-0.39, 0.29) is 5.69 Å². The van der Waals surface area contributed by atoms with E-state index in [9.17, 15) is 10.1 Å². The van der Waals surface area contributed by atoms with E-state index in [0.717, 1.165) is 31.5 Å². The number of nitrogens with one attached hydrogen (secondary N) is 2. The van der Waals surface area contributed by atoms with Crippen LogP contribution in [0.4, 0.5) is 5.69 Å². The fraction of sp³-hybridized carbons (Fsp3) is 0.538. The lowest BCUT2D eigenvalue weighted by molar-refractivity contribution is -0.385. The average Bonchev–Trinajstić information content (AvgIpc) is 2.46. The predicted octanol–water partition coefficient (Wildman–Crippen LogP) is 1.44. The highest BCUT2D eigenvalue weighted by Gasteiger charge is 2.16. The molecule has 0 aromatic heterocycles. The zero-order chi connectivity index (χ0) is 13.7. The summed E-state index contributed by atoms with van der Waals surface area (Å²) in [4.78, 5) is 10.5. The van der Waals surface area contributed by atoms with Crippen LogP contribution in [0.5, 0.6) is 5.75 Å². The second-order valence-corrected chi connectivity index (χ2v) is 4.67. The highest BCUT2D eigenvalue weighted by molar-refractivity contribution is 5.48. The van der Waals surface area contributed by atoms with Gasteiger partial charge in [0, 0.05) is 18.7 Å². The van der Waals surface area contributed by atoms with Crippen LogP contribution >= 0.6 is 0 Å². The molecule has 0 spiro atoms. The minimum Gasteiger partial charge on any atom is -0.490 e.